The fourth-order valence-corrected chi connectivity index (χ4v) is 4.57. The van der Waals surface area contributed by atoms with E-state index >= 15 is 0 Å². The van der Waals surface area contributed by atoms with Gasteiger partial charge in [0.2, 0.25) is 0 Å². The topological polar surface area (TPSA) is 47.0 Å². The predicted molar refractivity (Wildman–Crippen MR) is 118 cm³/mol. The number of ether oxygens (including phenoxy) is 1. The van der Waals surface area contributed by atoms with Crippen molar-refractivity contribution in [2.24, 2.45) is 0 Å². The monoisotopic (exact) mass is 389 g/mol. The highest BCUT2D eigenvalue weighted by Crippen LogP contribution is 2.41. The first-order valence-corrected chi connectivity index (χ1v) is 10.2. The van der Waals surface area contributed by atoms with Gasteiger partial charge in [0, 0.05) is 16.1 Å². The van der Waals surface area contributed by atoms with E-state index in [-0.39, 0.29) is 0 Å². The number of anilines is 2. The number of nitrogens with one attached hydrogen (secondary N) is 1. The maximum atomic E-state index is 5.59. The third-order valence-electron chi connectivity index (χ3n) is 4.60. The van der Waals surface area contributed by atoms with Crippen molar-refractivity contribution in [1.29, 1.82) is 0 Å². The molecule has 0 saturated heterocycles. The lowest BCUT2D eigenvalue weighted by Gasteiger charge is -2.11. The van der Waals surface area contributed by atoms with Crippen LogP contribution in [0.1, 0.15) is 22.9 Å². The molecule has 0 aliphatic heterocycles. The van der Waals surface area contributed by atoms with Gasteiger partial charge in [0.15, 0.2) is 0 Å². The molecule has 0 unspecified atom stereocenters. The SMILES string of the molecule is CCOc1ccc(-c2c(C)sc3ncnc(Nc4cc(C)cc(C)c4)c23)cc1. The van der Waals surface area contributed by atoms with Crippen molar-refractivity contribution in [3.8, 4) is 16.9 Å². The third kappa shape index (κ3) is 3.58. The Morgan fingerprint density at radius 3 is 2.36 bits per heavy atom. The maximum Gasteiger partial charge on any atom is 0.143 e. The first kappa shape index (κ1) is 18.4. The Kier molecular flexibility index (Phi) is 5.01. The fourth-order valence-electron chi connectivity index (χ4n) is 3.55. The molecule has 5 heteroatoms. The van der Waals surface area contributed by atoms with Gasteiger partial charge in [-0.3, -0.25) is 0 Å². The predicted octanol–water partition coefficient (Wildman–Crippen LogP) is 6.43. The van der Waals surface area contributed by atoms with Gasteiger partial charge in [-0.1, -0.05) is 18.2 Å². The van der Waals surface area contributed by atoms with Crippen LogP contribution in [0.4, 0.5) is 11.5 Å². The Balaban J connectivity index is 1.82. The molecule has 0 amide bonds. The minimum atomic E-state index is 0.664. The van der Waals surface area contributed by atoms with Gasteiger partial charge in [0.25, 0.3) is 0 Å². The van der Waals surface area contributed by atoms with Gasteiger partial charge in [-0.25, -0.2) is 9.97 Å². The van der Waals surface area contributed by atoms with Gasteiger partial charge in [0.1, 0.15) is 22.7 Å². The molecule has 0 spiro atoms. The molecule has 4 aromatic rings. The summed E-state index contributed by atoms with van der Waals surface area (Å²) >= 11 is 1.70. The summed E-state index contributed by atoms with van der Waals surface area (Å²) in [5.41, 5.74) is 5.81. The zero-order valence-corrected chi connectivity index (χ0v) is 17.4. The number of rotatable bonds is 5. The first-order chi connectivity index (χ1) is 13.5. The molecular weight excluding hydrogens is 366 g/mol. The molecule has 0 radical (unpaired) electrons. The minimum absolute atomic E-state index is 0.664. The summed E-state index contributed by atoms with van der Waals surface area (Å²) in [6.45, 7) is 9.00. The van der Waals surface area contributed by atoms with E-state index < -0.39 is 0 Å². The molecule has 0 atom stereocenters. The quantitative estimate of drug-likeness (QED) is 0.427. The summed E-state index contributed by atoms with van der Waals surface area (Å²) < 4.78 is 5.59. The average Bonchev–Trinajstić information content (AvgIpc) is 2.99. The highest BCUT2D eigenvalue weighted by molar-refractivity contribution is 7.19. The standard InChI is InChI=1S/C23H23N3OS/c1-5-27-19-8-6-17(7-9-19)20-16(4)28-23-21(20)22(24-13-25-23)26-18-11-14(2)10-15(3)12-18/h6-13H,5H2,1-4H3,(H,24,25,26). The Hall–Kier alpha value is -2.92. The lowest BCUT2D eigenvalue weighted by Crippen LogP contribution is -1.97. The normalized spacial score (nSPS) is 11.0. The van der Waals surface area contributed by atoms with Crippen LogP contribution in [-0.4, -0.2) is 16.6 Å². The van der Waals surface area contributed by atoms with Crippen molar-refractivity contribution >= 4 is 33.1 Å². The van der Waals surface area contributed by atoms with Crippen LogP contribution in [0.15, 0.2) is 48.8 Å². The fraction of sp³-hybridized carbons (Fsp3) is 0.217. The van der Waals surface area contributed by atoms with Gasteiger partial charge < -0.3 is 10.1 Å². The Morgan fingerprint density at radius 1 is 0.964 bits per heavy atom. The van der Waals surface area contributed by atoms with Crippen molar-refractivity contribution in [1.82, 2.24) is 9.97 Å². The van der Waals surface area contributed by atoms with Crippen LogP contribution in [0.25, 0.3) is 21.3 Å². The largest absolute Gasteiger partial charge is 0.494 e. The van der Waals surface area contributed by atoms with Crippen LogP contribution in [0.3, 0.4) is 0 Å². The second kappa shape index (κ2) is 7.60. The molecule has 2 heterocycles. The molecule has 0 aliphatic carbocycles. The van der Waals surface area contributed by atoms with Crippen molar-refractivity contribution in [3.05, 3.63) is 64.8 Å². The summed E-state index contributed by atoms with van der Waals surface area (Å²) in [4.78, 5) is 11.3. The molecule has 2 aromatic carbocycles. The number of hydrogen-bond acceptors (Lipinski definition) is 5. The van der Waals surface area contributed by atoms with E-state index in [1.165, 1.54) is 21.6 Å². The number of aromatic nitrogens is 2. The van der Waals surface area contributed by atoms with Gasteiger partial charge in [-0.05, 0) is 68.7 Å². The number of aryl methyl sites for hydroxylation is 3. The highest BCUT2D eigenvalue weighted by atomic mass is 32.1. The Bertz CT molecular complexity index is 1110. The molecule has 0 aliphatic rings. The molecule has 142 valence electrons. The summed E-state index contributed by atoms with van der Waals surface area (Å²) in [5.74, 6) is 1.72. The van der Waals surface area contributed by atoms with Gasteiger partial charge >= 0.3 is 0 Å². The minimum Gasteiger partial charge on any atom is -0.494 e. The van der Waals surface area contributed by atoms with E-state index in [1.54, 1.807) is 17.7 Å². The van der Waals surface area contributed by atoms with E-state index in [0.717, 1.165) is 33.0 Å². The van der Waals surface area contributed by atoms with Crippen molar-refractivity contribution in [2.45, 2.75) is 27.7 Å². The highest BCUT2D eigenvalue weighted by Gasteiger charge is 2.17. The van der Waals surface area contributed by atoms with E-state index in [4.69, 9.17) is 4.74 Å². The molecule has 4 nitrogen and oxygen atoms in total. The number of thiophene rings is 1. The lowest BCUT2D eigenvalue weighted by atomic mass is 10.0. The van der Waals surface area contributed by atoms with Gasteiger partial charge in [-0.15, -0.1) is 11.3 Å². The summed E-state index contributed by atoms with van der Waals surface area (Å²) in [6.07, 6.45) is 1.63. The molecule has 0 bridgehead atoms. The maximum absolute atomic E-state index is 5.59. The number of fused-ring (bicyclic) bond motifs is 1. The average molecular weight is 390 g/mol. The van der Waals surface area contributed by atoms with E-state index in [9.17, 15) is 0 Å². The number of nitrogens with zero attached hydrogens (tertiary/aromatic N) is 2. The first-order valence-electron chi connectivity index (χ1n) is 9.38. The second-order valence-electron chi connectivity index (χ2n) is 6.89. The summed E-state index contributed by atoms with van der Waals surface area (Å²) in [6, 6.07) is 14.7. The van der Waals surface area contributed by atoms with E-state index in [0.29, 0.717) is 6.61 Å². The zero-order chi connectivity index (χ0) is 19.7. The summed E-state index contributed by atoms with van der Waals surface area (Å²) in [5, 5.41) is 4.58. The van der Waals surface area contributed by atoms with E-state index in [1.807, 2.05) is 19.1 Å². The van der Waals surface area contributed by atoms with Crippen LogP contribution in [-0.2, 0) is 0 Å². The van der Waals surface area contributed by atoms with Gasteiger partial charge in [0.05, 0.1) is 12.0 Å². The van der Waals surface area contributed by atoms with Crippen molar-refractivity contribution in [3.63, 3.8) is 0 Å². The lowest BCUT2D eigenvalue weighted by molar-refractivity contribution is 0.340. The summed E-state index contributed by atoms with van der Waals surface area (Å²) in [7, 11) is 0. The molecular formula is C23H23N3OS. The Labute approximate surface area is 169 Å². The number of hydrogen-bond donors (Lipinski definition) is 1. The smallest absolute Gasteiger partial charge is 0.143 e. The van der Waals surface area contributed by atoms with Crippen molar-refractivity contribution < 1.29 is 4.74 Å². The second-order valence-corrected chi connectivity index (χ2v) is 8.10. The number of benzene rings is 2. The molecule has 2 aromatic heterocycles. The molecule has 1 N–H and O–H groups in total. The Morgan fingerprint density at radius 2 is 1.68 bits per heavy atom. The van der Waals surface area contributed by atoms with E-state index in [2.05, 4.69) is 66.4 Å². The van der Waals surface area contributed by atoms with Crippen LogP contribution in [0, 0.1) is 20.8 Å². The van der Waals surface area contributed by atoms with Gasteiger partial charge in [-0.2, -0.15) is 0 Å². The van der Waals surface area contributed by atoms with Crippen LogP contribution in [0.2, 0.25) is 0 Å². The van der Waals surface area contributed by atoms with Crippen LogP contribution < -0.4 is 10.1 Å². The zero-order valence-electron chi connectivity index (χ0n) is 16.5. The third-order valence-corrected chi connectivity index (χ3v) is 5.62. The van der Waals surface area contributed by atoms with Crippen LogP contribution in [0.5, 0.6) is 5.75 Å². The molecule has 0 saturated carbocycles. The van der Waals surface area contributed by atoms with Crippen LogP contribution >= 0.6 is 11.3 Å². The molecule has 28 heavy (non-hydrogen) atoms. The molecule has 0 fully saturated rings. The van der Waals surface area contributed by atoms with Crippen molar-refractivity contribution in [2.75, 3.05) is 11.9 Å². The molecule has 4 rings (SSSR count).